The van der Waals surface area contributed by atoms with Gasteiger partial charge in [-0.05, 0) is 6.42 Å². The van der Waals surface area contributed by atoms with E-state index in [1.165, 1.54) is 4.31 Å². The Hall–Kier alpha value is -0.600. The molecule has 0 rings (SSSR count). The van der Waals surface area contributed by atoms with E-state index in [0.29, 0.717) is 19.5 Å². The molecule has 0 fully saturated rings. The molecule has 0 aliphatic carbocycles. The Balaban J connectivity index is 4.84. The van der Waals surface area contributed by atoms with Gasteiger partial charge in [0.1, 0.15) is 0 Å². The summed E-state index contributed by atoms with van der Waals surface area (Å²) < 4.78 is 24.6. The Morgan fingerprint density at radius 3 is 2.00 bits per heavy atom. The minimum absolute atomic E-state index is 0.343. The number of nitriles is 1. The van der Waals surface area contributed by atoms with E-state index < -0.39 is 15.3 Å². The maximum atomic E-state index is 11.7. The molecule has 76 valence electrons. The Labute approximate surface area is 80.2 Å². The predicted octanol–water partition coefficient (Wildman–Crippen LogP) is 0.960. The van der Waals surface area contributed by atoms with Crippen molar-refractivity contribution in [3.8, 4) is 6.07 Å². The second-order valence-corrected chi connectivity index (χ2v) is 4.77. The van der Waals surface area contributed by atoms with Crippen molar-refractivity contribution < 1.29 is 8.42 Å². The fourth-order valence-electron chi connectivity index (χ4n) is 1.13. The number of hydrogen-bond donors (Lipinski definition) is 0. The maximum Gasteiger partial charge on any atom is 0.230 e. The first-order valence-corrected chi connectivity index (χ1v) is 5.93. The van der Waals surface area contributed by atoms with Crippen LogP contribution in [0.1, 0.15) is 27.2 Å². The quantitative estimate of drug-likeness (QED) is 0.670. The van der Waals surface area contributed by atoms with Gasteiger partial charge in [0.25, 0.3) is 0 Å². The molecule has 0 aromatic carbocycles. The summed E-state index contributed by atoms with van der Waals surface area (Å²) in [5, 5.41) is 7.75. The minimum atomic E-state index is -3.39. The third kappa shape index (κ3) is 2.68. The summed E-state index contributed by atoms with van der Waals surface area (Å²) in [6.07, 6.45) is 0.343. The fraction of sp³-hybridized carbons (Fsp3) is 0.875. The van der Waals surface area contributed by atoms with Crippen molar-refractivity contribution in [2.75, 3.05) is 13.1 Å². The van der Waals surface area contributed by atoms with Crippen LogP contribution in [0.3, 0.4) is 0 Å². The van der Waals surface area contributed by atoms with Gasteiger partial charge < -0.3 is 0 Å². The van der Waals surface area contributed by atoms with Crippen LogP contribution < -0.4 is 0 Å². The standard InChI is InChI=1S/C8H16N2O2S/c1-4-8(7-9)13(11,12)10(5-2)6-3/h8H,4-6H2,1-3H3. The summed E-state index contributed by atoms with van der Waals surface area (Å²) in [6, 6.07) is 1.81. The van der Waals surface area contributed by atoms with Crippen LogP contribution in [0.2, 0.25) is 0 Å². The van der Waals surface area contributed by atoms with E-state index in [9.17, 15) is 8.42 Å². The van der Waals surface area contributed by atoms with Crippen molar-refractivity contribution in [2.45, 2.75) is 32.4 Å². The zero-order valence-electron chi connectivity index (χ0n) is 8.32. The summed E-state index contributed by atoms with van der Waals surface area (Å²) >= 11 is 0. The van der Waals surface area contributed by atoms with Crippen LogP contribution >= 0.6 is 0 Å². The van der Waals surface area contributed by atoms with Crippen molar-refractivity contribution in [3.05, 3.63) is 0 Å². The normalized spacial score (nSPS) is 14.1. The lowest BCUT2D eigenvalue weighted by Crippen LogP contribution is -2.37. The van der Waals surface area contributed by atoms with Gasteiger partial charge in [-0.25, -0.2) is 12.7 Å². The van der Waals surface area contributed by atoms with Crippen LogP contribution in [0.5, 0.6) is 0 Å². The number of hydrogen-bond acceptors (Lipinski definition) is 3. The predicted molar refractivity (Wildman–Crippen MR) is 51.5 cm³/mol. The monoisotopic (exact) mass is 204 g/mol. The smallest absolute Gasteiger partial charge is 0.211 e. The molecule has 5 heteroatoms. The highest BCUT2D eigenvalue weighted by Crippen LogP contribution is 2.10. The molecule has 0 N–H and O–H groups in total. The average molecular weight is 204 g/mol. The van der Waals surface area contributed by atoms with Gasteiger partial charge in [0, 0.05) is 13.1 Å². The number of sulfonamides is 1. The first-order valence-electron chi connectivity index (χ1n) is 4.43. The Morgan fingerprint density at radius 2 is 1.77 bits per heavy atom. The van der Waals surface area contributed by atoms with Crippen LogP contribution in [0.15, 0.2) is 0 Å². The highest BCUT2D eigenvalue weighted by molar-refractivity contribution is 7.90. The highest BCUT2D eigenvalue weighted by Gasteiger charge is 2.28. The zero-order chi connectivity index (χ0) is 10.5. The molecule has 0 saturated carbocycles. The van der Waals surface area contributed by atoms with Gasteiger partial charge in [-0.1, -0.05) is 20.8 Å². The van der Waals surface area contributed by atoms with Gasteiger partial charge in [0.15, 0.2) is 5.25 Å². The third-order valence-electron chi connectivity index (χ3n) is 1.94. The first-order chi connectivity index (χ1) is 6.04. The van der Waals surface area contributed by atoms with Crippen molar-refractivity contribution >= 4 is 10.0 Å². The lowest BCUT2D eigenvalue weighted by atomic mass is 10.4. The molecule has 0 spiro atoms. The SMILES string of the molecule is CCC(C#N)S(=O)(=O)N(CC)CC. The van der Waals surface area contributed by atoms with E-state index in [4.69, 9.17) is 5.26 Å². The molecule has 1 atom stereocenters. The van der Waals surface area contributed by atoms with Crippen molar-refractivity contribution in [1.82, 2.24) is 4.31 Å². The molecule has 0 aromatic rings. The lowest BCUT2D eigenvalue weighted by molar-refractivity contribution is 0.439. The van der Waals surface area contributed by atoms with E-state index in [1.54, 1.807) is 20.8 Å². The largest absolute Gasteiger partial charge is 0.230 e. The van der Waals surface area contributed by atoms with Crippen molar-refractivity contribution in [3.63, 3.8) is 0 Å². The van der Waals surface area contributed by atoms with Crippen molar-refractivity contribution in [2.24, 2.45) is 0 Å². The Morgan fingerprint density at radius 1 is 1.31 bits per heavy atom. The topological polar surface area (TPSA) is 61.2 Å². The van der Waals surface area contributed by atoms with Gasteiger partial charge in [-0.2, -0.15) is 5.26 Å². The van der Waals surface area contributed by atoms with Crippen LogP contribution in [-0.2, 0) is 10.0 Å². The Bertz CT molecular complexity index is 275. The van der Waals surface area contributed by atoms with Gasteiger partial charge in [0.05, 0.1) is 6.07 Å². The zero-order valence-corrected chi connectivity index (χ0v) is 9.13. The van der Waals surface area contributed by atoms with Gasteiger partial charge in [-0.15, -0.1) is 0 Å². The molecule has 1 unspecified atom stereocenters. The molecule has 0 heterocycles. The van der Waals surface area contributed by atoms with Crippen molar-refractivity contribution in [1.29, 1.82) is 5.26 Å². The molecule has 0 radical (unpaired) electrons. The molecular weight excluding hydrogens is 188 g/mol. The molecule has 0 aromatic heterocycles. The first kappa shape index (κ1) is 12.4. The third-order valence-corrected chi connectivity index (χ3v) is 4.33. The van der Waals surface area contributed by atoms with E-state index >= 15 is 0 Å². The molecule has 4 nitrogen and oxygen atoms in total. The van der Waals surface area contributed by atoms with Gasteiger partial charge in [-0.3, -0.25) is 0 Å². The second kappa shape index (κ2) is 5.20. The molecule has 13 heavy (non-hydrogen) atoms. The lowest BCUT2D eigenvalue weighted by Gasteiger charge is -2.20. The summed E-state index contributed by atoms with van der Waals surface area (Å²) in [4.78, 5) is 0. The molecule has 0 aliphatic heterocycles. The fourth-order valence-corrected chi connectivity index (χ4v) is 2.77. The number of rotatable bonds is 5. The summed E-state index contributed by atoms with van der Waals surface area (Å²) in [5.41, 5.74) is 0. The van der Waals surface area contributed by atoms with E-state index in [0.717, 1.165) is 0 Å². The van der Waals surface area contributed by atoms with Gasteiger partial charge in [0.2, 0.25) is 10.0 Å². The van der Waals surface area contributed by atoms with Crippen LogP contribution in [0, 0.1) is 11.3 Å². The molecule has 0 aliphatic rings. The van der Waals surface area contributed by atoms with Crippen LogP contribution in [0.25, 0.3) is 0 Å². The molecule has 0 amide bonds. The second-order valence-electron chi connectivity index (χ2n) is 2.66. The average Bonchev–Trinajstić information content (AvgIpc) is 2.07. The minimum Gasteiger partial charge on any atom is -0.211 e. The highest BCUT2D eigenvalue weighted by atomic mass is 32.2. The van der Waals surface area contributed by atoms with E-state index in [1.807, 2.05) is 6.07 Å². The maximum absolute atomic E-state index is 11.7. The van der Waals surface area contributed by atoms with E-state index in [-0.39, 0.29) is 0 Å². The van der Waals surface area contributed by atoms with Crippen LogP contribution in [0.4, 0.5) is 0 Å². The van der Waals surface area contributed by atoms with Gasteiger partial charge >= 0.3 is 0 Å². The molecule has 0 saturated heterocycles. The van der Waals surface area contributed by atoms with E-state index in [2.05, 4.69) is 0 Å². The molecular formula is C8H16N2O2S. The summed E-state index contributed by atoms with van der Waals surface area (Å²) in [6.45, 7) is 6.10. The Kier molecular flexibility index (Phi) is 4.96. The summed E-state index contributed by atoms with van der Waals surface area (Å²) in [5.74, 6) is 0. The molecule has 0 bridgehead atoms. The van der Waals surface area contributed by atoms with Crippen LogP contribution in [-0.4, -0.2) is 31.1 Å². The number of nitrogens with zero attached hydrogens (tertiary/aromatic N) is 2. The summed E-state index contributed by atoms with van der Waals surface area (Å²) in [7, 11) is -3.39.